The molecule has 0 aromatic carbocycles. The average molecular weight is 1160 g/mol. The molecule has 2 heterocycles. The van der Waals surface area contributed by atoms with Gasteiger partial charge in [-0.1, -0.05) is 113 Å². The van der Waals surface area contributed by atoms with Crippen molar-refractivity contribution in [3.8, 4) is 0 Å². The van der Waals surface area contributed by atoms with Crippen LogP contribution in [-0.2, 0) is 47.9 Å². The van der Waals surface area contributed by atoms with Crippen LogP contribution in [0.1, 0.15) is 225 Å². The maximum absolute atomic E-state index is 14.3. The van der Waals surface area contributed by atoms with Crippen LogP contribution >= 0.6 is 0 Å². The SMILES string of the molecule is CCCCCCCCC(NC(=O)[C@@H]1CCCN1C(=O)CCCCC)C(=O)NC(CC(C)C)C(=O)NC(C)(C)C(=O)NC(CC(C)C)C(=O)NC(CC(C)C)C(=O)NC(C)(C)C(=O)NC(C)(C)C(=O)NCCC(=O)NCCN1CCCCC1. The van der Waals surface area contributed by atoms with E-state index in [0.717, 1.165) is 83.8 Å². The lowest BCUT2D eigenvalue weighted by Gasteiger charge is -2.34. The van der Waals surface area contributed by atoms with Crippen molar-refractivity contribution in [1.29, 1.82) is 0 Å². The summed E-state index contributed by atoms with van der Waals surface area (Å²) in [5, 5.41) is 25.3. The fraction of sp³-hybridized carbons (Fsp3) is 0.836. The monoisotopic (exact) mass is 1160 g/mol. The number of hydrogen-bond donors (Lipinski definition) is 9. The van der Waals surface area contributed by atoms with Crippen molar-refractivity contribution in [3.05, 3.63) is 0 Å². The Labute approximate surface area is 492 Å². The zero-order chi connectivity index (χ0) is 61.8. The summed E-state index contributed by atoms with van der Waals surface area (Å²) in [5.41, 5.74) is -4.62. The third kappa shape index (κ3) is 26.9. The molecule has 2 aliphatic heterocycles. The fourth-order valence-corrected chi connectivity index (χ4v) is 10.2. The Morgan fingerprint density at radius 2 is 0.951 bits per heavy atom. The van der Waals surface area contributed by atoms with Crippen LogP contribution in [0.15, 0.2) is 0 Å². The second-order valence-corrected chi connectivity index (χ2v) is 25.9. The van der Waals surface area contributed by atoms with Crippen LogP contribution in [0.4, 0.5) is 0 Å². The molecule has 470 valence electrons. The molecule has 10 amide bonds. The normalized spacial score (nSPS) is 16.6. The van der Waals surface area contributed by atoms with E-state index in [-0.39, 0.29) is 61.8 Å². The minimum atomic E-state index is -1.62. The van der Waals surface area contributed by atoms with Gasteiger partial charge in [0.2, 0.25) is 59.1 Å². The topological polar surface area (TPSA) is 285 Å². The van der Waals surface area contributed by atoms with Gasteiger partial charge >= 0.3 is 0 Å². The minimum Gasteiger partial charge on any atom is -0.355 e. The summed E-state index contributed by atoms with van der Waals surface area (Å²) in [4.78, 5) is 142. The van der Waals surface area contributed by atoms with Crippen molar-refractivity contribution < 1.29 is 47.9 Å². The van der Waals surface area contributed by atoms with Crippen molar-refractivity contribution in [1.82, 2.24) is 57.7 Å². The number of rotatable bonds is 38. The van der Waals surface area contributed by atoms with Crippen LogP contribution in [0.3, 0.4) is 0 Å². The van der Waals surface area contributed by atoms with Gasteiger partial charge in [-0.2, -0.15) is 0 Å². The Morgan fingerprint density at radius 1 is 0.463 bits per heavy atom. The van der Waals surface area contributed by atoms with E-state index in [1.807, 2.05) is 41.5 Å². The van der Waals surface area contributed by atoms with Crippen molar-refractivity contribution in [2.45, 2.75) is 272 Å². The van der Waals surface area contributed by atoms with Gasteiger partial charge in [-0.15, -0.1) is 0 Å². The number of nitrogens with zero attached hydrogens (tertiary/aromatic N) is 2. The van der Waals surface area contributed by atoms with Gasteiger partial charge in [0, 0.05) is 39.0 Å². The molecule has 5 atom stereocenters. The number of carbonyl (C=O) groups excluding carboxylic acids is 10. The summed E-state index contributed by atoms with van der Waals surface area (Å²) in [6, 6.07) is -5.07. The highest BCUT2D eigenvalue weighted by atomic mass is 16.2. The number of nitrogens with one attached hydrogen (secondary N) is 9. The van der Waals surface area contributed by atoms with E-state index >= 15 is 0 Å². The lowest BCUT2D eigenvalue weighted by atomic mass is 9.96. The number of likely N-dealkylation sites (tertiary alicyclic amines) is 2. The third-order valence-electron chi connectivity index (χ3n) is 15.2. The lowest BCUT2D eigenvalue weighted by Crippen LogP contribution is -2.65. The molecule has 0 bridgehead atoms. The summed E-state index contributed by atoms with van der Waals surface area (Å²) < 4.78 is 0. The van der Waals surface area contributed by atoms with Gasteiger partial charge < -0.3 is 57.7 Å². The van der Waals surface area contributed by atoms with Crippen molar-refractivity contribution in [2.75, 3.05) is 39.3 Å². The first-order valence-electron chi connectivity index (χ1n) is 31.2. The summed E-state index contributed by atoms with van der Waals surface area (Å²) in [7, 11) is 0. The van der Waals surface area contributed by atoms with Crippen LogP contribution in [-0.4, -0.2) is 155 Å². The largest absolute Gasteiger partial charge is 0.355 e. The maximum atomic E-state index is 14.3. The maximum Gasteiger partial charge on any atom is 0.246 e. The highest BCUT2D eigenvalue weighted by Crippen LogP contribution is 2.21. The predicted octanol–water partition coefficient (Wildman–Crippen LogP) is 5.18. The molecule has 21 nitrogen and oxygen atoms in total. The molecule has 82 heavy (non-hydrogen) atoms. The summed E-state index contributed by atoms with van der Waals surface area (Å²) in [6.07, 6.45) is 14.4. The first-order chi connectivity index (χ1) is 38.4. The molecule has 0 spiro atoms. The van der Waals surface area contributed by atoms with E-state index < -0.39 is 94.1 Å². The number of carbonyl (C=O) groups is 10. The predicted molar refractivity (Wildman–Crippen MR) is 321 cm³/mol. The molecule has 2 rings (SSSR count). The van der Waals surface area contributed by atoms with Crippen LogP contribution < -0.4 is 47.9 Å². The zero-order valence-corrected chi connectivity index (χ0v) is 53.0. The Balaban J connectivity index is 2.18. The highest BCUT2D eigenvalue weighted by molar-refractivity contribution is 6.00. The van der Waals surface area contributed by atoms with Crippen LogP contribution in [0, 0.1) is 17.8 Å². The van der Waals surface area contributed by atoms with E-state index in [1.165, 1.54) is 48.0 Å². The van der Waals surface area contributed by atoms with Gasteiger partial charge in [-0.05, 0) is 130 Å². The molecule has 0 aliphatic carbocycles. The molecular formula is C61H111N11O10. The molecule has 9 N–H and O–H groups in total. The Kier molecular flexibility index (Phi) is 32.3. The fourth-order valence-electron chi connectivity index (χ4n) is 10.2. The molecule has 21 heteroatoms. The van der Waals surface area contributed by atoms with Gasteiger partial charge in [0.05, 0.1) is 0 Å². The summed E-state index contributed by atoms with van der Waals surface area (Å²) in [6.45, 7) is 28.3. The zero-order valence-electron chi connectivity index (χ0n) is 53.0. The van der Waals surface area contributed by atoms with E-state index in [9.17, 15) is 47.9 Å². The molecule has 2 fully saturated rings. The molecule has 4 unspecified atom stereocenters. The van der Waals surface area contributed by atoms with E-state index in [0.29, 0.717) is 45.2 Å². The molecule has 2 aliphatic rings. The van der Waals surface area contributed by atoms with E-state index in [2.05, 4.69) is 66.6 Å². The van der Waals surface area contributed by atoms with Crippen molar-refractivity contribution >= 4 is 59.1 Å². The Morgan fingerprint density at radius 3 is 1.50 bits per heavy atom. The Bertz CT molecular complexity index is 2070. The number of piperidine rings is 1. The van der Waals surface area contributed by atoms with Gasteiger partial charge in [-0.3, -0.25) is 47.9 Å². The highest BCUT2D eigenvalue weighted by Gasteiger charge is 2.41. The average Bonchev–Trinajstić information content (AvgIpc) is 4.04. The quantitative estimate of drug-likeness (QED) is 0.0363. The molecule has 0 radical (unpaired) electrons. The van der Waals surface area contributed by atoms with Crippen LogP contribution in [0.2, 0.25) is 0 Å². The molecule has 0 saturated carbocycles. The second kappa shape index (κ2) is 36.4. The smallest absolute Gasteiger partial charge is 0.246 e. The van der Waals surface area contributed by atoms with E-state index in [4.69, 9.17) is 0 Å². The van der Waals surface area contributed by atoms with Gasteiger partial charge in [0.1, 0.15) is 46.8 Å². The third-order valence-corrected chi connectivity index (χ3v) is 15.2. The van der Waals surface area contributed by atoms with Crippen molar-refractivity contribution in [3.63, 3.8) is 0 Å². The number of unbranched alkanes of at least 4 members (excludes halogenated alkanes) is 7. The molecule has 0 aromatic heterocycles. The van der Waals surface area contributed by atoms with Gasteiger partial charge in [-0.25, -0.2) is 0 Å². The van der Waals surface area contributed by atoms with Crippen LogP contribution in [0.25, 0.3) is 0 Å². The van der Waals surface area contributed by atoms with Gasteiger partial charge in [0.15, 0.2) is 0 Å². The lowest BCUT2D eigenvalue weighted by molar-refractivity contribution is -0.140. The summed E-state index contributed by atoms with van der Waals surface area (Å²) >= 11 is 0. The summed E-state index contributed by atoms with van der Waals surface area (Å²) in [5.74, 6) is -5.36. The standard InChI is InChI=1S/C61H111N11O10/c1-15-17-19-20-21-24-28-44(64-55(79)48-29-27-36-72(48)50(74)30-23-18-16-2)51(75)65-46(39-42(5)6)53(77)68-60(11,12)57(81)67-45(38-41(3)4)52(76)66-47(40-43(7)8)54(78)69-61(13,14)58(82)70-59(9,10)56(80)63-32-31-49(73)62-33-37-71-34-25-22-26-35-71/h41-48H,15-40H2,1-14H3,(H,62,73)(H,63,80)(H,64,79)(H,65,75)(H,66,76)(H,67,81)(H,68,77)(H,69,78)(H,70,82)/t44?,45?,46?,47?,48-/m0/s1. The van der Waals surface area contributed by atoms with Crippen molar-refractivity contribution in [2.24, 2.45) is 17.8 Å². The molecular weight excluding hydrogens is 1050 g/mol. The van der Waals surface area contributed by atoms with Gasteiger partial charge in [0.25, 0.3) is 0 Å². The van der Waals surface area contributed by atoms with E-state index in [1.54, 1.807) is 4.90 Å². The molecule has 2 saturated heterocycles. The second-order valence-electron chi connectivity index (χ2n) is 25.9. The Hall–Kier alpha value is -5.34. The number of hydrogen-bond acceptors (Lipinski definition) is 11. The molecule has 0 aromatic rings. The first-order valence-corrected chi connectivity index (χ1v) is 31.2. The first kappa shape index (κ1) is 72.8. The van der Waals surface area contributed by atoms with Crippen LogP contribution in [0.5, 0.6) is 0 Å². The number of amides is 10. The minimum absolute atomic E-state index is 0.0572.